The number of carbonyl (C=O) groups is 2. The van der Waals surface area contributed by atoms with Crippen LogP contribution < -0.4 is 9.64 Å². The number of nitrogens with zero attached hydrogens (tertiary/aromatic N) is 2. The Morgan fingerprint density at radius 3 is 2.62 bits per heavy atom. The number of likely N-dealkylation sites (tertiary alicyclic amines) is 1. The van der Waals surface area contributed by atoms with Crippen LogP contribution in [-0.2, 0) is 4.79 Å². The van der Waals surface area contributed by atoms with Crippen molar-refractivity contribution in [2.24, 2.45) is 0 Å². The van der Waals surface area contributed by atoms with Crippen molar-refractivity contribution in [1.82, 2.24) is 4.90 Å². The smallest absolute Gasteiger partial charge is 0.259 e. The second-order valence-electron chi connectivity index (χ2n) is 5.70. The summed E-state index contributed by atoms with van der Waals surface area (Å²) in [5, 5.41) is 0. The summed E-state index contributed by atoms with van der Waals surface area (Å²) in [6.45, 7) is 0.951. The van der Waals surface area contributed by atoms with E-state index in [9.17, 15) is 9.59 Å². The van der Waals surface area contributed by atoms with Gasteiger partial charge in [0.15, 0.2) is 0 Å². The maximum Gasteiger partial charge on any atom is 0.259 e. The lowest BCUT2D eigenvalue weighted by Crippen LogP contribution is -2.42. The highest BCUT2D eigenvalue weighted by Gasteiger charge is 2.26. The monoisotopic (exact) mass is 324 g/mol. The number of methoxy groups -OCH3 is 1. The molecule has 0 bridgehead atoms. The second kappa shape index (κ2) is 7.17. The van der Waals surface area contributed by atoms with Crippen molar-refractivity contribution in [2.75, 3.05) is 25.2 Å². The molecular weight excluding hydrogens is 304 g/mol. The van der Waals surface area contributed by atoms with E-state index in [1.807, 2.05) is 30.3 Å². The summed E-state index contributed by atoms with van der Waals surface area (Å²) in [5.74, 6) is 0.570. The Morgan fingerprint density at radius 2 is 1.96 bits per heavy atom. The van der Waals surface area contributed by atoms with Crippen LogP contribution in [0.5, 0.6) is 5.75 Å². The molecule has 0 aromatic heterocycles. The fraction of sp³-hybridized carbons (Fsp3) is 0.263. The Labute approximate surface area is 141 Å². The number of hydrogen-bond donors (Lipinski definition) is 0. The van der Waals surface area contributed by atoms with Crippen molar-refractivity contribution < 1.29 is 14.3 Å². The molecule has 2 amide bonds. The van der Waals surface area contributed by atoms with E-state index in [0.29, 0.717) is 24.3 Å². The first-order valence-corrected chi connectivity index (χ1v) is 7.98. The van der Waals surface area contributed by atoms with Crippen LogP contribution in [0.25, 0.3) is 0 Å². The van der Waals surface area contributed by atoms with Crippen LogP contribution in [-0.4, -0.2) is 37.0 Å². The third-order valence-corrected chi connectivity index (χ3v) is 4.11. The number of amides is 2. The number of hydrogen-bond acceptors (Lipinski definition) is 3. The van der Waals surface area contributed by atoms with Crippen LogP contribution in [0.3, 0.4) is 0 Å². The first kappa shape index (κ1) is 16.1. The fourth-order valence-electron chi connectivity index (χ4n) is 2.81. The van der Waals surface area contributed by atoms with Crippen LogP contribution in [0.2, 0.25) is 0 Å². The Morgan fingerprint density at radius 1 is 1.17 bits per heavy atom. The summed E-state index contributed by atoms with van der Waals surface area (Å²) in [6.07, 6.45) is 1.39. The van der Waals surface area contributed by atoms with Gasteiger partial charge in [-0.25, -0.2) is 0 Å². The van der Waals surface area contributed by atoms with Crippen LogP contribution in [0.1, 0.15) is 23.2 Å². The van der Waals surface area contributed by atoms with Crippen molar-refractivity contribution in [3.8, 4) is 5.75 Å². The molecule has 0 aliphatic carbocycles. The van der Waals surface area contributed by atoms with Gasteiger partial charge in [-0.15, -0.1) is 0 Å². The molecule has 0 spiro atoms. The molecule has 1 fully saturated rings. The first-order valence-electron chi connectivity index (χ1n) is 7.98. The largest absolute Gasteiger partial charge is 0.497 e. The second-order valence-corrected chi connectivity index (χ2v) is 5.70. The maximum absolute atomic E-state index is 13.0. The maximum atomic E-state index is 13.0. The van der Waals surface area contributed by atoms with Crippen LogP contribution in [0, 0.1) is 0 Å². The summed E-state index contributed by atoms with van der Waals surface area (Å²) in [6, 6.07) is 16.5. The van der Waals surface area contributed by atoms with Crippen molar-refractivity contribution >= 4 is 17.5 Å². The molecule has 5 nitrogen and oxygen atoms in total. The molecule has 3 rings (SSSR count). The number of benzene rings is 2. The summed E-state index contributed by atoms with van der Waals surface area (Å²) < 4.78 is 5.21. The molecule has 0 saturated carbocycles. The van der Waals surface area contributed by atoms with Gasteiger partial charge in [0.1, 0.15) is 12.4 Å². The van der Waals surface area contributed by atoms with Crippen LogP contribution in [0.15, 0.2) is 54.6 Å². The molecule has 5 heteroatoms. The summed E-state index contributed by atoms with van der Waals surface area (Å²) in [7, 11) is 1.57. The minimum Gasteiger partial charge on any atom is -0.497 e. The van der Waals surface area contributed by atoms with Gasteiger partial charge in [-0.1, -0.05) is 24.3 Å². The van der Waals surface area contributed by atoms with E-state index in [4.69, 9.17) is 4.74 Å². The molecule has 1 heterocycles. The van der Waals surface area contributed by atoms with E-state index in [1.54, 1.807) is 41.2 Å². The number of ether oxygens (including phenoxy) is 1. The zero-order chi connectivity index (χ0) is 16.9. The zero-order valence-electron chi connectivity index (χ0n) is 13.6. The number of anilines is 1. The molecule has 2 aromatic rings. The SMILES string of the molecule is COc1cccc(C(=O)N(CN2CCCC2=O)c2ccccc2)c1. The Hall–Kier alpha value is -2.82. The van der Waals surface area contributed by atoms with Crippen molar-refractivity contribution in [1.29, 1.82) is 0 Å². The third kappa shape index (κ3) is 3.40. The van der Waals surface area contributed by atoms with E-state index in [-0.39, 0.29) is 18.5 Å². The van der Waals surface area contributed by atoms with Crippen molar-refractivity contribution in [3.05, 3.63) is 60.2 Å². The quantitative estimate of drug-likeness (QED) is 0.850. The van der Waals surface area contributed by atoms with Gasteiger partial charge in [-0.3, -0.25) is 14.5 Å². The highest BCUT2D eigenvalue weighted by Crippen LogP contribution is 2.21. The lowest BCUT2D eigenvalue weighted by atomic mass is 10.1. The van der Waals surface area contributed by atoms with E-state index in [1.165, 1.54) is 0 Å². The van der Waals surface area contributed by atoms with Gasteiger partial charge in [0.05, 0.1) is 7.11 Å². The summed E-state index contributed by atoms with van der Waals surface area (Å²) in [5.41, 5.74) is 1.30. The lowest BCUT2D eigenvalue weighted by molar-refractivity contribution is -0.127. The number of rotatable bonds is 5. The molecule has 1 aliphatic rings. The Kier molecular flexibility index (Phi) is 4.79. The molecule has 1 aliphatic heterocycles. The van der Waals surface area contributed by atoms with Crippen molar-refractivity contribution in [2.45, 2.75) is 12.8 Å². The van der Waals surface area contributed by atoms with Gasteiger partial charge in [-0.05, 0) is 36.8 Å². The number of carbonyl (C=O) groups excluding carboxylic acids is 2. The Balaban J connectivity index is 1.91. The van der Waals surface area contributed by atoms with Gasteiger partial charge < -0.3 is 9.64 Å². The van der Waals surface area contributed by atoms with Gasteiger partial charge in [0, 0.05) is 24.2 Å². The Bertz CT molecular complexity index is 730. The topological polar surface area (TPSA) is 49.9 Å². The number of para-hydroxylation sites is 1. The van der Waals surface area contributed by atoms with Gasteiger partial charge in [0.2, 0.25) is 5.91 Å². The molecule has 0 N–H and O–H groups in total. The zero-order valence-corrected chi connectivity index (χ0v) is 13.6. The normalized spacial score (nSPS) is 13.9. The molecule has 124 valence electrons. The minimum atomic E-state index is -0.153. The minimum absolute atomic E-state index is 0.0920. The van der Waals surface area contributed by atoms with Crippen molar-refractivity contribution in [3.63, 3.8) is 0 Å². The lowest BCUT2D eigenvalue weighted by Gasteiger charge is -2.28. The van der Waals surface area contributed by atoms with E-state index >= 15 is 0 Å². The molecule has 0 unspecified atom stereocenters. The van der Waals surface area contributed by atoms with Crippen LogP contribution >= 0.6 is 0 Å². The van der Waals surface area contributed by atoms with E-state index in [0.717, 1.165) is 12.1 Å². The van der Waals surface area contributed by atoms with E-state index in [2.05, 4.69) is 0 Å². The standard InChI is InChI=1S/C19H20N2O3/c1-24-17-10-5-7-15(13-17)19(23)21(16-8-3-2-4-9-16)14-20-12-6-11-18(20)22/h2-5,7-10,13H,6,11-12,14H2,1H3. The molecule has 0 radical (unpaired) electrons. The summed E-state index contributed by atoms with van der Waals surface area (Å²) in [4.78, 5) is 28.4. The fourth-order valence-corrected chi connectivity index (χ4v) is 2.81. The first-order chi connectivity index (χ1) is 11.7. The summed E-state index contributed by atoms with van der Waals surface area (Å²) >= 11 is 0. The van der Waals surface area contributed by atoms with Gasteiger partial charge in [0.25, 0.3) is 5.91 Å². The molecule has 0 atom stereocenters. The van der Waals surface area contributed by atoms with Gasteiger partial charge in [-0.2, -0.15) is 0 Å². The van der Waals surface area contributed by atoms with Gasteiger partial charge >= 0.3 is 0 Å². The average Bonchev–Trinajstić information content (AvgIpc) is 3.04. The predicted octanol–water partition coefficient (Wildman–Crippen LogP) is 2.92. The van der Waals surface area contributed by atoms with E-state index < -0.39 is 0 Å². The highest BCUT2D eigenvalue weighted by atomic mass is 16.5. The molecule has 24 heavy (non-hydrogen) atoms. The average molecular weight is 324 g/mol. The van der Waals surface area contributed by atoms with Crippen LogP contribution in [0.4, 0.5) is 5.69 Å². The molecule has 2 aromatic carbocycles. The highest BCUT2D eigenvalue weighted by molar-refractivity contribution is 6.06. The third-order valence-electron chi connectivity index (χ3n) is 4.11. The molecule has 1 saturated heterocycles. The molecular formula is C19H20N2O3. The predicted molar refractivity (Wildman–Crippen MR) is 92.1 cm³/mol.